The van der Waals surface area contributed by atoms with Crippen molar-refractivity contribution in [3.8, 4) is 0 Å². The van der Waals surface area contributed by atoms with Crippen LogP contribution in [-0.2, 0) is 4.79 Å². The Morgan fingerprint density at radius 1 is 1.64 bits per heavy atom. The molecule has 1 aromatic heterocycles. The van der Waals surface area contributed by atoms with Gasteiger partial charge in [0.1, 0.15) is 0 Å². The number of rotatable bonds is 3. The molecule has 0 saturated carbocycles. The number of carbonyl (C=O) groups excluding carboxylic acids is 1. The fraction of sp³-hybridized carbons (Fsp3) is 0.375. The molecule has 76 valence electrons. The number of aryl methyl sites for hydroxylation is 2. The van der Waals surface area contributed by atoms with Crippen LogP contribution in [0.4, 0.5) is 5.13 Å². The Morgan fingerprint density at radius 2 is 2.29 bits per heavy atom. The largest absolute Gasteiger partial charge is 0.393 e. The van der Waals surface area contributed by atoms with E-state index in [1.807, 2.05) is 13.8 Å². The van der Waals surface area contributed by atoms with Crippen LogP contribution in [0, 0.1) is 13.8 Å². The van der Waals surface area contributed by atoms with Gasteiger partial charge in [-0.3, -0.25) is 4.79 Å². The zero-order valence-corrected chi connectivity index (χ0v) is 9.59. The lowest BCUT2D eigenvalue weighted by atomic mass is 10.4. The molecule has 0 spiro atoms. The minimum atomic E-state index is -0.216. The summed E-state index contributed by atoms with van der Waals surface area (Å²) in [5.41, 5.74) is 6.17. The van der Waals surface area contributed by atoms with Crippen LogP contribution < -0.4 is 11.1 Å². The summed E-state index contributed by atoms with van der Waals surface area (Å²) in [6, 6.07) is 0. The number of aromatic nitrogens is 1. The van der Waals surface area contributed by atoms with E-state index in [9.17, 15) is 4.79 Å². The molecule has 6 heteroatoms. The lowest BCUT2D eigenvalue weighted by molar-refractivity contribution is -0.115. The van der Waals surface area contributed by atoms with Crippen LogP contribution >= 0.6 is 23.6 Å². The lowest BCUT2D eigenvalue weighted by Crippen LogP contribution is -2.19. The van der Waals surface area contributed by atoms with Gasteiger partial charge in [-0.2, -0.15) is 0 Å². The van der Waals surface area contributed by atoms with E-state index in [2.05, 4.69) is 22.5 Å². The highest BCUT2D eigenvalue weighted by atomic mass is 32.1. The molecule has 14 heavy (non-hydrogen) atoms. The van der Waals surface area contributed by atoms with Crippen LogP contribution in [-0.4, -0.2) is 15.9 Å². The van der Waals surface area contributed by atoms with Gasteiger partial charge in [-0.15, -0.1) is 11.3 Å². The van der Waals surface area contributed by atoms with Gasteiger partial charge in [0.2, 0.25) is 5.91 Å². The molecule has 3 N–H and O–H groups in total. The first kappa shape index (κ1) is 11.1. The fourth-order valence-corrected chi connectivity index (χ4v) is 1.81. The van der Waals surface area contributed by atoms with Crippen molar-refractivity contribution in [3.05, 3.63) is 10.6 Å². The summed E-state index contributed by atoms with van der Waals surface area (Å²) in [5.74, 6) is -0.216. The standard InChI is InChI=1S/C8H11N3OS2/c1-4-5(2)14-8(10-4)11-7(12)3-6(9)13/h3H2,1-2H3,(H2,9,13)(H,10,11,12). The average Bonchev–Trinajstić information content (AvgIpc) is 2.28. The second kappa shape index (κ2) is 4.47. The Bertz CT molecular complexity index is 353. The second-order valence-electron chi connectivity index (χ2n) is 2.85. The Morgan fingerprint density at radius 3 is 2.71 bits per heavy atom. The van der Waals surface area contributed by atoms with Crippen LogP contribution in [0.25, 0.3) is 0 Å². The molecular formula is C8H11N3OS2. The summed E-state index contributed by atoms with van der Waals surface area (Å²) in [5, 5.41) is 3.23. The number of anilines is 1. The molecule has 0 saturated heterocycles. The van der Waals surface area contributed by atoms with E-state index >= 15 is 0 Å². The van der Waals surface area contributed by atoms with Gasteiger partial charge in [0.15, 0.2) is 5.13 Å². The Labute approximate surface area is 91.5 Å². The molecule has 1 aromatic rings. The molecule has 0 unspecified atom stereocenters. The van der Waals surface area contributed by atoms with E-state index in [0.29, 0.717) is 5.13 Å². The molecule has 0 bridgehead atoms. The maximum absolute atomic E-state index is 11.2. The van der Waals surface area contributed by atoms with Crippen molar-refractivity contribution in [1.82, 2.24) is 4.98 Å². The van der Waals surface area contributed by atoms with Gasteiger partial charge in [-0.25, -0.2) is 4.98 Å². The summed E-state index contributed by atoms with van der Waals surface area (Å²) in [4.78, 5) is 16.7. The maximum Gasteiger partial charge on any atom is 0.232 e. The Balaban J connectivity index is 2.60. The van der Waals surface area contributed by atoms with Crippen molar-refractivity contribution < 1.29 is 4.79 Å². The SMILES string of the molecule is Cc1nc(NC(=O)CC(N)=S)sc1C. The number of hydrogen-bond donors (Lipinski definition) is 2. The first-order valence-electron chi connectivity index (χ1n) is 4.01. The first-order chi connectivity index (χ1) is 6.49. The van der Waals surface area contributed by atoms with Crippen LogP contribution in [0.1, 0.15) is 17.0 Å². The molecule has 0 radical (unpaired) electrons. The van der Waals surface area contributed by atoms with E-state index in [1.54, 1.807) is 0 Å². The molecule has 1 heterocycles. The molecule has 1 rings (SSSR count). The number of amides is 1. The van der Waals surface area contributed by atoms with Gasteiger partial charge in [-0.1, -0.05) is 12.2 Å². The Kier molecular flexibility index (Phi) is 3.54. The van der Waals surface area contributed by atoms with E-state index in [1.165, 1.54) is 11.3 Å². The molecule has 4 nitrogen and oxygen atoms in total. The monoisotopic (exact) mass is 229 g/mol. The van der Waals surface area contributed by atoms with Crippen LogP contribution in [0.5, 0.6) is 0 Å². The number of nitrogens with two attached hydrogens (primary N) is 1. The third-order valence-electron chi connectivity index (χ3n) is 1.61. The molecule has 0 atom stereocenters. The predicted molar refractivity (Wildman–Crippen MR) is 61.6 cm³/mol. The van der Waals surface area contributed by atoms with Crippen molar-refractivity contribution in [2.45, 2.75) is 20.3 Å². The first-order valence-corrected chi connectivity index (χ1v) is 5.23. The van der Waals surface area contributed by atoms with Gasteiger partial charge in [-0.05, 0) is 13.8 Å². The summed E-state index contributed by atoms with van der Waals surface area (Å²) in [7, 11) is 0. The number of thiazole rings is 1. The molecule has 0 aromatic carbocycles. The predicted octanol–water partition coefficient (Wildman–Crippen LogP) is 1.37. The molecule has 0 aliphatic heterocycles. The van der Waals surface area contributed by atoms with Crippen LogP contribution in [0.15, 0.2) is 0 Å². The van der Waals surface area contributed by atoms with Crippen molar-refractivity contribution in [1.29, 1.82) is 0 Å². The van der Waals surface area contributed by atoms with Gasteiger partial charge in [0.05, 0.1) is 17.1 Å². The van der Waals surface area contributed by atoms with E-state index < -0.39 is 0 Å². The summed E-state index contributed by atoms with van der Waals surface area (Å²) in [6.07, 6.45) is 0.0625. The summed E-state index contributed by atoms with van der Waals surface area (Å²) >= 11 is 6.06. The number of carbonyl (C=O) groups is 1. The summed E-state index contributed by atoms with van der Waals surface area (Å²) < 4.78 is 0. The smallest absolute Gasteiger partial charge is 0.232 e. The fourth-order valence-electron chi connectivity index (χ4n) is 0.848. The highest BCUT2D eigenvalue weighted by Gasteiger charge is 2.08. The second-order valence-corrected chi connectivity index (χ2v) is 4.58. The Hall–Kier alpha value is -1.01. The minimum Gasteiger partial charge on any atom is -0.393 e. The zero-order valence-electron chi connectivity index (χ0n) is 7.96. The highest BCUT2D eigenvalue weighted by Crippen LogP contribution is 2.20. The van der Waals surface area contributed by atoms with Crippen LogP contribution in [0.2, 0.25) is 0 Å². The van der Waals surface area contributed by atoms with E-state index in [0.717, 1.165) is 10.6 Å². The number of nitrogens with one attached hydrogen (secondary N) is 1. The zero-order chi connectivity index (χ0) is 10.7. The number of hydrogen-bond acceptors (Lipinski definition) is 4. The van der Waals surface area contributed by atoms with Crippen molar-refractivity contribution >= 4 is 39.6 Å². The molecule has 0 fully saturated rings. The highest BCUT2D eigenvalue weighted by molar-refractivity contribution is 7.80. The number of thiocarbonyl (C=S) groups is 1. The van der Waals surface area contributed by atoms with Crippen molar-refractivity contribution in [2.75, 3.05) is 5.32 Å². The van der Waals surface area contributed by atoms with E-state index in [-0.39, 0.29) is 17.3 Å². The lowest BCUT2D eigenvalue weighted by Gasteiger charge is -1.98. The van der Waals surface area contributed by atoms with Gasteiger partial charge in [0, 0.05) is 4.88 Å². The van der Waals surface area contributed by atoms with E-state index in [4.69, 9.17) is 5.73 Å². The van der Waals surface area contributed by atoms with Gasteiger partial charge >= 0.3 is 0 Å². The van der Waals surface area contributed by atoms with Gasteiger partial charge in [0.25, 0.3) is 0 Å². The third kappa shape index (κ3) is 3.04. The van der Waals surface area contributed by atoms with Crippen molar-refractivity contribution in [2.24, 2.45) is 5.73 Å². The minimum absolute atomic E-state index is 0.0625. The average molecular weight is 229 g/mol. The topological polar surface area (TPSA) is 68.0 Å². The molecular weight excluding hydrogens is 218 g/mol. The summed E-state index contributed by atoms with van der Waals surface area (Å²) in [6.45, 7) is 3.85. The number of nitrogens with zero attached hydrogens (tertiary/aromatic N) is 1. The quantitative estimate of drug-likeness (QED) is 0.768. The van der Waals surface area contributed by atoms with Gasteiger partial charge < -0.3 is 11.1 Å². The molecule has 1 amide bonds. The maximum atomic E-state index is 11.2. The molecule has 0 aliphatic carbocycles. The van der Waals surface area contributed by atoms with Crippen molar-refractivity contribution in [3.63, 3.8) is 0 Å². The normalized spacial score (nSPS) is 9.86. The van der Waals surface area contributed by atoms with Crippen LogP contribution in [0.3, 0.4) is 0 Å². The third-order valence-corrected chi connectivity index (χ3v) is 2.74. The molecule has 0 aliphatic rings.